The van der Waals surface area contributed by atoms with Crippen LogP contribution < -0.4 is 5.73 Å². The van der Waals surface area contributed by atoms with E-state index in [1.165, 1.54) is 10.9 Å². The largest absolute Gasteiger partial charge is 0.378 e. The van der Waals surface area contributed by atoms with Gasteiger partial charge in [-0.25, -0.2) is 0 Å². The van der Waals surface area contributed by atoms with Crippen LogP contribution in [0.4, 0.5) is 0 Å². The summed E-state index contributed by atoms with van der Waals surface area (Å²) in [7, 11) is 0. The van der Waals surface area contributed by atoms with Crippen molar-refractivity contribution in [3.05, 3.63) is 42.2 Å². The zero-order valence-corrected chi connectivity index (χ0v) is 10.5. The molecule has 3 nitrogen and oxygen atoms in total. The van der Waals surface area contributed by atoms with Crippen molar-refractivity contribution in [2.75, 3.05) is 6.61 Å². The average molecular weight is 242 g/mol. The van der Waals surface area contributed by atoms with Gasteiger partial charge in [-0.15, -0.1) is 0 Å². The van der Waals surface area contributed by atoms with Gasteiger partial charge in [0.05, 0.1) is 6.10 Å². The van der Waals surface area contributed by atoms with Crippen molar-refractivity contribution in [3.8, 4) is 0 Å². The molecule has 1 aromatic carbocycles. The summed E-state index contributed by atoms with van der Waals surface area (Å²) in [6, 6.07) is 8.34. The first kappa shape index (κ1) is 11.6. The first-order valence-corrected chi connectivity index (χ1v) is 6.47. The molecule has 0 bridgehead atoms. The SMILES string of the molecule is CC1OCCC1C(N)c1cccc2cnccc12. The van der Waals surface area contributed by atoms with E-state index in [0.29, 0.717) is 5.92 Å². The van der Waals surface area contributed by atoms with Crippen LogP contribution in [0.2, 0.25) is 0 Å². The maximum Gasteiger partial charge on any atom is 0.0594 e. The normalized spacial score (nSPS) is 25.4. The summed E-state index contributed by atoms with van der Waals surface area (Å²) in [6.45, 7) is 2.94. The van der Waals surface area contributed by atoms with E-state index in [0.717, 1.165) is 18.4 Å². The molecule has 1 saturated heterocycles. The molecule has 0 aliphatic carbocycles. The zero-order chi connectivity index (χ0) is 12.5. The molecule has 3 heteroatoms. The van der Waals surface area contributed by atoms with Crippen LogP contribution in [0, 0.1) is 5.92 Å². The van der Waals surface area contributed by atoms with E-state index in [1.807, 2.05) is 18.5 Å². The molecule has 2 heterocycles. The highest BCUT2D eigenvalue weighted by Crippen LogP contribution is 2.34. The molecule has 1 aliphatic rings. The molecule has 3 rings (SSSR count). The summed E-state index contributed by atoms with van der Waals surface area (Å²) in [5.74, 6) is 0.406. The van der Waals surface area contributed by atoms with Crippen molar-refractivity contribution in [2.24, 2.45) is 11.7 Å². The van der Waals surface area contributed by atoms with Gasteiger partial charge >= 0.3 is 0 Å². The molecule has 3 unspecified atom stereocenters. The molecule has 18 heavy (non-hydrogen) atoms. The van der Waals surface area contributed by atoms with Gasteiger partial charge < -0.3 is 10.5 Å². The molecular formula is C15H18N2O. The predicted molar refractivity (Wildman–Crippen MR) is 72.2 cm³/mol. The van der Waals surface area contributed by atoms with E-state index in [1.54, 1.807) is 0 Å². The molecule has 0 spiro atoms. The van der Waals surface area contributed by atoms with Crippen LogP contribution >= 0.6 is 0 Å². The lowest BCUT2D eigenvalue weighted by atomic mass is 9.87. The van der Waals surface area contributed by atoms with E-state index < -0.39 is 0 Å². The lowest BCUT2D eigenvalue weighted by Gasteiger charge is -2.23. The number of hydrogen-bond acceptors (Lipinski definition) is 3. The van der Waals surface area contributed by atoms with Crippen LogP contribution in [0.5, 0.6) is 0 Å². The van der Waals surface area contributed by atoms with Gasteiger partial charge in [0.1, 0.15) is 0 Å². The Labute approximate surface area is 107 Å². The lowest BCUT2D eigenvalue weighted by molar-refractivity contribution is 0.0996. The van der Waals surface area contributed by atoms with Gasteiger partial charge in [-0.1, -0.05) is 18.2 Å². The van der Waals surface area contributed by atoms with Crippen LogP contribution in [-0.2, 0) is 4.74 Å². The molecule has 0 amide bonds. The van der Waals surface area contributed by atoms with Crippen molar-refractivity contribution in [3.63, 3.8) is 0 Å². The summed E-state index contributed by atoms with van der Waals surface area (Å²) in [6.07, 6.45) is 5.01. The molecule has 2 N–H and O–H groups in total. The summed E-state index contributed by atoms with van der Waals surface area (Å²) in [5, 5.41) is 2.36. The molecule has 3 atom stereocenters. The first-order chi connectivity index (χ1) is 8.77. The summed E-state index contributed by atoms with van der Waals surface area (Å²) in [5.41, 5.74) is 7.66. The molecule has 1 fully saturated rings. The van der Waals surface area contributed by atoms with Crippen molar-refractivity contribution in [1.29, 1.82) is 0 Å². The number of ether oxygens (including phenoxy) is 1. The number of nitrogens with zero attached hydrogens (tertiary/aromatic N) is 1. The van der Waals surface area contributed by atoms with Gasteiger partial charge in [0, 0.05) is 36.3 Å². The number of benzene rings is 1. The van der Waals surface area contributed by atoms with Crippen LogP contribution in [-0.4, -0.2) is 17.7 Å². The summed E-state index contributed by atoms with van der Waals surface area (Å²) < 4.78 is 5.63. The molecule has 0 saturated carbocycles. The second-order valence-electron chi connectivity index (χ2n) is 5.00. The van der Waals surface area contributed by atoms with Crippen molar-refractivity contribution < 1.29 is 4.74 Å². The minimum Gasteiger partial charge on any atom is -0.378 e. The van der Waals surface area contributed by atoms with Gasteiger partial charge in [0.2, 0.25) is 0 Å². The van der Waals surface area contributed by atoms with Crippen LogP contribution in [0.25, 0.3) is 10.8 Å². The van der Waals surface area contributed by atoms with E-state index in [4.69, 9.17) is 10.5 Å². The second-order valence-corrected chi connectivity index (χ2v) is 5.00. The van der Waals surface area contributed by atoms with E-state index in [-0.39, 0.29) is 12.1 Å². The van der Waals surface area contributed by atoms with Gasteiger partial charge in [-0.05, 0) is 30.4 Å². The Morgan fingerprint density at radius 3 is 3.06 bits per heavy atom. The number of aromatic nitrogens is 1. The topological polar surface area (TPSA) is 48.1 Å². The fraction of sp³-hybridized carbons (Fsp3) is 0.400. The highest BCUT2D eigenvalue weighted by atomic mass is 16.5. The molecule has 0 radical (unpaired) electrons. The Morgan fingerprint density at radius 2 is 2.28 bits per heavy atom. The summed E-state index contributed by atoms with van der Waals surface area (Å²) in [4.78, 5) is 4.16. The second kappa shape index (κ2) is 4.67. The Morgan fingerprint density at radius 1 is 1.39 bits per heavy atom. The average Bonchev–Trinajstić information content (AvgIpc) is 2.83. The van der Waals surface area contributed by atoms with Crippen LogP contribution in [0.1, 0.15) is 24.9 Å². The molecule has 2 aromatic rings. The van der Waals surface area contributed by atoms with Gasteiger partial charge in [0.25, 0.3) is 0 Å². The van der Waals surface area contributed by atoms with E-state index in [2.05, 4.69) is 30.1 Å². The monoisotopic (exact) mass is 242 g/mol. The van der Waals surface area contributed by atoms with E-state index in [9.17, 15) is 0 Å². The van der Waals surface area contributed by atoms with E-state index >= 15 is 0 Å². The Hall–Kier alpha value is -1.45. The fourth-order valence-corrected chi connectivity index (χ4v) is 2.89. The van der Waals surface area contributed by atoms with Crippen LogP contribution in [0.3, 0.4) is 0 Å². The Balaban J connectivity index is 2.03. The number of pyridine rings is 1. The summed E-state index contributed by atoms with van der Waals surface area (Å²) >= 11 is 0. The maximum absolute atomic E-state index is 6.46. The third-order valence-corrected chi connectivity index (χ3v) is 3.97. The molecule has 1 aromatic heterocycles. The third kappa shape index (κ3) is 1.89. The zero-order valence-electron chi connectivity index (χ0n) is 10.5. The molecule has 94 valence electrons. The molecular weight excluding hydrogens is 224 g/mol. The Bertz CT molecular complexity index is 550. The standard InChI is InChI=1S/C15H18N2O/c1-10-12(6-8-18-10)15(16)14-4-2-3-11-9-17-7-5-13(11)14/h2-5,7,9-10,12,15H,6,8,16H2,1H3. The first-order valence-electron chi connectivity index (χ1n) is 6.47. The number of fused-ring (bicyclic) bond motifs is 1. The van der Waals surface area contributed by atoms with Gasteiger partial charge in [-0.2, -0.15) is 0 Å². The number of hydrogen-bond donors (Lipinski definition) is 1. The quantitative estimate of drug-likeness (QED) is 0.880. The van der Waals surface area contributed by atoms with Crippen molar-refractivity contribution >= 4 is 10.8 Å². The van der Waals surface area contributed by atoms with Gasteiger partial charge in [0.15, 0.2) is 0 Å². The lowest BCUT2D eigenvalue weighted by Crippen LogP contribution is -2.26. The maximum atomic E-state index is 6.46. The van der Waals surface area contributed by atoms with Crippen molar-refractivity contribution in [2.45, 2.75) is 25.5 Å². The van der Waals surface area contributed by atoms with Crippen molar-refractivity contribution in [1.82, 2.24) is 4.98 Å². The smallest absolute Gasteiger partial charge is 0.0594 e. The number of rotatable bonds is 2. The predicted octanol–water partition coefficient (Wildman–Crippen LogP) is 2.66. The molecule has 1 aliphatic heterocycles. The third-order valence-electron chi connectivity index (χ3n) is 3.97. The highest BCUT2D eigenvalue weighted by molar-refractivity contribution is 5.85. The highest BCUT2D eigenvalue weighted by Gasteiger charge is 2.31. The minimum absolute atomic E-state index is 0.0357. The minimum atomic E-state index is 0.0357. The Kier molecular flexibility index (Phi) is 3.02. The van der Waals surface area contributed by atoms with Gasteiger partial charge in [-0.3, -0.25) is 4.98 Å². The van der Waals surface area contributed by atoms with Crippen LogP contribution in [0.15, 0.2) is 36.7 Å². The number of nitrogens with two attached hydrogens (primary N) is 1. The fourth-order valence-electron chi connectivity index (χ4n) is 2.89.